The molecule has 2 heterocycles. The highest BCUT2D eigenvalue weighted by atomic mass is 79.9. The van der Waals surface area contributed by atoms with Gasteiger partial charge in [-0.3, -0.25) is 0 Å². The van der Waals surface area contributed by atoms with E-state index in [1.807, 2.05) is 6.07 Å². The smallest absolute Gasteiger partial charge is 0.170 e. The Morgan fingerprint density at radius 3 is 3.20 bits per heavy atom. The van der Waals surface area contributed by atoms with Gasteiger partial charge in [-0.2, -0.15) is 0 Å². The van der Waals surface area contributed by atoms with E-state index in [9.17, 15) is 0 Å². The van der Waals surface area contributed by atoms with Crippen LogP contribution in [-0.2, 0) is 0 Å². The average Bonchev–Trinajstić information content (AvgIpc) is 2.33. The number of aromatic nitrogens is 2. The number of nitrogens with zero attached hydrogens (tertiary/aromatic N) is 2. The molecule has 2 rings (SSSR count). The summed E-state index contributed by atoms with van der Waals surface area (Å²) in [5.74, 6) is 0. The summed E-state index contributed by atoms with van der Waals surface area (Å²) >= 11 is 4.93. The molecule has 2 aromatic heterocycles. The third-order valence-electron chi connectivity index (χ3n) is 1.15. The van der Waals surface area contributed by atoms with Crippen LogP contribution in [0.1, 0.15) is 0 Å². The van der Waals surface area contributed by atoms with Crippen LogP contribution < -0.4 is 0 Å². The highest BCUT2D eigenvalue weighted by Crippen LogP contribution is 2.19. The molecule has 2 aromatic rings. The molecule has 10 heavy (non-hydrogen) atoms. The van der Waals surface area contributed by atoms with Gasteiger partial charge in [-0.25, -0.2) is 9.97 Å². The standard InChI is InChI=1S/C6H3BrN2S/c7-4-1-5-6(8-2-4)9-3-10-5/h1-3H. The second kappa shape index (κ2) is 2.29. The number of thiazole rings is 1. The molecule has 0 aliphatic rings. The summed E-state index contributed by atoms with van der Waals surface area (Å²) in [7, 11) is 0. The van der Waals surface area contributed by atoms with E-state index in [0.29, 0.717) is 0 Å². The van der Waals surface area contributed by atoms with E-state index < -0.39 is 0 Å². The lowest BCUT2D eigenvalue weighted by atomic mass is 10.5. The number of hydrogen-bond donors (Lipinski definition) is 0. The Morgan fingerprint density at radius 1 is 1.40 bits per heavy atom. The summed E-state index contributed by atoms with van der Waals surface area (Å²) in [5, 5.41) is 0. The SMILES string of the molecule is Brc1cnc2ncsc2c1. The van der Waals surface area contributed by atoms with Gasteiger partial charge < -0.3 is 0 Å². The van der Waals surface area contributed by atoms with Crippen LogP contribution in [0.5, 0.6) is 0 Å². The lowest BCUT2D eigenvalue weighted by molar-refractivity contribution is 1.32. The monoisotopic (exact) mass is 214 g/mol. The van der Waals surface area contributed by atoms with Gasteiger partial charge in [0.15, 0.2) is 5.65 Å². The van der Waals surface area contributed by atoms with Crippen LogP contribution in [-0.4, -0.2) is 9.97 Å². The molecule has 0 amide bonds. The zero-order valence-corrected chi connectivity index (χ0v) is 7.32. The van der Waals surface area contributed by atoms with Gasteiger partial charge in [-0.05, 0) is 22.0 Å². The molecular formula is C6H3BrN2S. The quantitative estimate of drug-likeness (QED) is 0.674. The van der Waals surface area contributed by atoms with Crippen molar-refractivity contribution in [3.63, 3.8) is 0 Å². The molecule has 0 aromatic carbocycles. The van der Waals surface area contributed by atoms with Crippen LogP contribution >= 0.6 is 27.3 Å². The summed E-state index contributed by atoms with van der Waals surface area (Å²) in [6, 6.07) is 2.01. The van der Waals surface area contributed by atoms with Gasteiger partial charge in [0.05, 0.1) is 10.2 Å². The molecule has 0 aliphatic carbocycles. The van der Waals surface area contributed by atoms with Crippen molar-refractivity contribution in [2.45, 2.75) is 0 Å². The zero-order chi connectivity index (χ0) is 6.97. The van der Waals surface area contributed by atoms with E-state index in [-0.39, 0.29) is 0 Å². The lowest BCUT2D eigenvalue weighted by Gasteiger charge is -1.86. The third kappa shape index (κ3) is 0.932. The maximum absolute atomic E-state index is 4.09. The third-order valence-corrected chi connectivity index (χ3v) is 2.35. The summed E-state index contributed by atoms with van der Waals surface area (Å²) in [6.07, 6.45) is 1.75. The maximum Gasteiger partial charge on any atom is 0.170 e. The molecule has 4 heteroatoms. The zero-order valence-electron chi connectivity index (χ0n) is 4.91. The van der Waals surface area contributed by atoms with Crippen LogP contribution in [0.15, 0.2) is 22.2 Å². The Balaban J connectivity index is 2.86. The van der Waals surface area contributed by atoms with Gasteiger partial charge in [0.1, 0.15) is 0 Å². The number of fused-ring (bicyclic) bond motifs is 1. The van der Waals surface area contributed by atoms with Gasteiger partial charge in [-0.15, -0.1) is 11.3 Å². The van der Waals surface area contributed by atoms with Crippen molar-refractivity contribution < 1.29 is 0 Å². The fourth-order valence-electron chi connectivity index (χ4n) is 0.730. The van der Waals surface area contributed by atoms with Crippen molar-refractivity contribution in [1.29, 1.82) is 0 Å². The molecule has 0 saturated heterocycles. The van der Waals surface area contributed by atoms with Crippen molar-refractivity contribution in [1.82, 2.24) is 9.97 Å². The van der Waals surface area contributed by atoms with Crippen molar-refractivity contribution in [2.75, 3.05) is 0 Å². The molecule has 0 aliphatic heterocycles. The first kappa shape index (κ1) is 6.24. The van der Waals surface area contributed by atoms with Crippen LogP contribution in [0.3, 0.4) is 0 Å². The molecule has 0 spiro atoms. The molecule has 0 unspecified atom stereocenters. The van der Waals surface area contributed by atoms with Crippen LogP contribution in [0.4, 0.5) is 0 Å². The second-order valence-electron chi connectivity index (χ2n) is 1.83. The highest BCUT2D eigenvalue weighted by Gasteiger charge is 1.95. The molecular weight excluding hydrogens is 212 g/mol. The summed E-state index contributed by atoms with van der Waals surface area (Å²) < 4.78 is 2.12. The highest BCUT2D eigenvalue weighted by molar-refractivity contribution is 9.10. The minimum absolute atomic E-state index is 0.827. The summed E-state index contributed by atoms with van der Waals surface area (Å²) in [6.45, 7) is 0. The lowest BCUT2D eigenvalue weighted by Crippen LogP contribution is -1.73. The number of halogens is 1. The largest absolute Gasteiger partial charge is 0.235 e. The Bertz CT molecular complexity index is 357. The number of rotatable bonds is 0. The predicted molar refractivity (Wildman–Crippen MR) is 45.1 cm³/mol. The first-order valence-corrected chi connectivity index (χ1v) is 4.38. The van der Waals surface area contributed by atoms with Gasteiger partial charge in [0.2, 0.25) is 0 Å². The van der Waals surface area contributed by atoms with Crippen molar-refractivity contribution >= 4 is 37.6 Å². The summed E-state index contributed by atoms with van der Waals surface area (Å²) in [5.41, 5.74) is 2.62. The van der Waals surface area contributed by atoms with E-state index in [4.69, 9.17) is 0 Å². The fourth-order valence-corrected chi connectivity index (χ4v) is 1.88. The first-order chi connectivity index (χ1) is 4.86. The van der Waals surface area contributed by atoms with E-state index in [1.54, 1.807) is 23.0 Å². The van der Waals surface area contributed by atoms with E-state index >= 15 is 0 Å². The minimum atomic E-state index is 0.827. The molecule has 0 fully saturated rings. The topological polar surface area (TPSA) is 25.8 Å². The number of pyridine rings is 1. The Kier molecular flexibility index (Phi) is 1.43. The fraction of sp³-hybridized carbons (Fsp3) is 0. The normalized spacial score (nSPS) is 10.5. The maximum atomic E-state index is 4.09. The molecule has 0 N–H and O–H groups in total. The van der Waals surface area contributed by atoms with Crippen LogP contribution in [0.25, 0.3) is 10.3 Å². The van der Waals surface area contributed by atoms with Gasteiger partial charge in [-0.1, -0.05) is 0 Å². The minimum Gasteiger partial charge on any atom is -0.235 e. The Hall–Kier alpha value is -0.480. The van der Waals surface area contributed by atoms with Crippen molar-refractivity contribution in [3.8, 4) is 0 Å². The molecule has 0 radical (unpaired) electrons. The Labute approximate surface area is 70.1 Å². The van der Waals surface area contributed by atoms with Gasteiger partial charge >= 0.3 is 0 Å². The van der Waals surface area contributed by atoms with E-state index in [1.165, 1.54) is 0 Å². The first-order valence-electron chi connectivity index (χ1n) is 2.71. The van der Waals surface area contributed by atoms with Gasteiger partial charge in [0.25, 0.3) is 0 Å². The molecule has 50 valence electrons. The average molecular weight is 215 g/mol. The predicted octanol–water partition coefficient (Wildman–Crippen LogP) is 2.45. The van der Waals surface area contributed by atoms with Gasteiger partial charge in [0, 0.05) is 10.7 Å². The molecule has 2 nitrogen and oxygen atoms in total. The Morgan fingerprint density at radius 2 is 2.30 bits per heavy atom. The van der Waals surface area contributed by atoms with Crippen LogP contribution in [0.2, 0.25) is 0 Å². The van der Waals surface area contributed by atoms with Crippen molar-refractivity contribution in [3.05, 3.63) is 22.2 Å². The van der Waals surface area contributed by atoms with Crippen LogP contribution in [0, 0.1) is 0 Å². The second-order valence-corrected chi connectivity index (χ2v) is 3.63. The molecule has 0 bridgehead atoms. The number of hydrogen-bond acceptors (Lipinski definition) is 3. The molecule has 0 saturated carbocycles. The van der Waals surface area contributed by atoms with E-state index in [0.717, 1.165) is 14.8 Å². The van der Waals surface area contributed by atoms with Crippen molar-refractivity contribution in [2.24, 2.45) is 0 Å². The summed E-state index contributed by atoms with van der Waals surface area (Å²) in [4.78, 5) is 8.14. The molecule has 0 atom stereocenters. The van der Waals surface area contributed by atoms with E-state index in [2.05, 4.69) is 25.9 Å².